The van der Waals surface area contributed by atoms with Gasteiger partial charge in [0, 0.05) is 29.1 Å². The molecule has 1 fully saturated rings. The molecule has 5 rings (SSSR count). The maximum Gasteiger partial charge on any atom is 0.287 e. The molecule has 1 N–H and O–H groups in total. The molecule has 0 unspecified atom stereocenters. The van der Waals surface area contributed by atoms with Gasteiger partial charge in [-0.2, -0.15) is 0 Å². The van der Waals surface area contributed by atoms with Gasteiger partial charge in [0.1, 0.15) is 16.9 Å². The lowest BCUT2D eigenvalue weighted by molar-refractivity contribution is 0.0507. The second kappa shape index (κ2) is 7.94. The summed E-state index contributed by atoms with van der Waals surface area (Å²) in [6.07, 6.45) is 2.15. The van der Waals surface area contributed by atoms with Crippen LogP contribution in [0.5, 0.6) is 5.75 Å². The van der Waals surface area contributed by atoms with Crippen molar-refractivity contribution in [3.05, 3.63) is 63.9 Å². The van der Waals surface area contributed by atoms with Crippen LogP contribution in [0.1, 0.15) is 58.2 Å². The highest BCUT2D eigenvalue weighted by Gasteiger charge is 2.40. The standard InChI is InChI=1S/C25H24ClNO5/c1-14-21-19(31-23(14)24(29)27-13-17-4-3-11-30-17)9-10-20-22(21)18(28)12-25(2,32-20)15-5-7-16(26)8-6-15/h5-10,17H,3-4,11-13H2,1-2H3,(H,27,29)/t17-,25-/m0/s1. The number of carbonyl (C=O) groups is 2. The van der Waals surface area contributed by atoms with E-state index in [0.717, 1.165) is 25.0 Å². The summed E-state index contributed by atoms with van der Waals surface area (Å²) in [5.41, 5.74) is 1.67. The highest BCUT2D eigenvalue weighted by molar-refractivity contribution is 6.30. The third-order valence-electron chi connectivity index (χ3n) is 6.34. The van der Waals surface area contributed by atoms with Crippen LogP contribution < -0.4 is 10.1 Å². The van der Waals surface area contributed by atoms with Crippen molar-refractivity contribution < 1.29 is 23.5 Å². The molecule has 0 radical (unpaired) electrons. The van der Waals surface area contributed by atoms with Gasteiger partial charge in [0.2, 0.25) is 0 Å². The summed E-state index contributed by atoms with van der Waals surface area (Å²) in [7, 11) is 0. The van der Waals surface area contributed by atoms with Gasteiger partial charge in [0.05, 0.1) is 18.1 Å². The number of ketones is 1. The Morgan fingerprint density at radius 2 is 2.00 bits per heavy atom. The Balaban J connectivity index is 1.48. The molecule has 7 heteroatoms. The summed E-state index contributed by atoms with van der Waals surface area (Å²) < 4.78 is 17.8. The predicted molar refractivity (Wildman–Crippen MR) is 121 cm³/mol. The summed E-state index contributed by atoms with van der Waals surface area (Å²) in [5, 5.41) is 4.15. The lowest BCUT2D eigenvalue weighted by atomic mass is 9.84. The minimum atomic E-state index is -0.804. The molecule has 1 saturated heterocycles. The summed E-state index contributed by atoms with van der Waals surface area (Å²) in [4.78, 5) is 26.1. The van der Waals surface area contributed by atoms with E-state index in [4.69, 9.17) is 25.5 Å². The first-order valence-electron chi connectivity index (χ1n) is 10.8. The van der Waals surface area contributed by atoms with E-state index < -0.39 is 5.60 Å². The number of Topliss-reactive ketones (excluding diaryl/α,β-unsaturated/α-hetero) is 1. The highest BCUT2D eigenvalue weighted by atomic mass is 35.5. The zero-order valence-electron chi connectivity index (χ0n) is 18.0. The molecule has 1 aromatic heterocycles. The van der Waals surface area contributed by atoms with Crippen molar-refractivity contribution in [2.24, 2.45) is 0 Å². The molecule has 2 aliphatic heterocycles. The molecule has 3 aromatic rings. The first-order chi connectivity index (χ1) is 15.4. The third-order valence-corrected chi connectivity index (χ3v) is 6.60. The summed E-state index contributed by atoms with van der Waals surface area (Å²) in [6, 6.07) is 10.8. The van der Waals surface area contributed by atoms with Gasteiger partial charge in [-0.15, -0.1) is 0 Å². The van der Waals surface area contributed by atoms with Crippen LogP contribution in [-0.2, 0) is 10.3 Å². The molecule has 32 heavy (non-hydrogen) atoms. The van der Waals surface area contributed by atoms with Gasteiger partial charge in [-0.05, 0) is 56.5 Å². The lowest BCUT2D eigenvalue weighted by Gasteiger charge is -2.35. The zero-order valence-corrected chi connectivity index (χ0v) is 18.8. The van der Waals surface area contributed by atoms with Gasteiger partial charge in [-0.3, -0.25) is 9.59 Å². The van der Waals surface area contributed by atoms with Crippen molar-refractivity contribution in [3.8, 4) is 5.75 Å². The number of furan rings is 1. The van der Waals surface area contributed by atoms with Crippen LogP contribution in [-0.4, -0.2) is 30.9 Å². The molecular formula is C25H24ClNO5. The van der Waals surface area contributed by atoms with E-state index in [-0.39, 0.29) is 30.0 Å². The molecule has 2 aliphatic rings. The molecule has 3 heterocycles. The van der Waals surface area contributed by atoms with Gasteiger partial charge >= 0.3 is 0 Å². The van der Waals surface area contributed by atoms with Crippen LogP contribution >= 0.6 is 11.6 Å². The number of fused-ring (bicyclic) bond motifs is 3. The number of ether oxygens (including phenoxy) is 2. The average Bonchev–Trinajstić information content (AvgIpc) is 3.40. The SMILES string of the molecule is Cc1c(C(=O)NC[C@@H]2CCCO2)oc2ccc3c(c12)C(=O)C[C@@](C)(c1ccc(Cl)cc1)O3. The number of hydrogen-bond acceptors (Lipinski definition) is 5. The number of amides is 1. The Morgan fingerprint density at radius 1 is 1.22 bits per heavy atom. The number of hydrogen-bond donors (Lipinski definition) is 1. The minimum absolute atomic E-state index is 0.0388. The van der Waals surface area contributed by atoms with E-state index in [2.05, 4.69) is 5.32 Å². The average molecular weight is 454 g/mol. The van der Waals surface area contributed by atoms with E-state index in [1.807, 2.05) is 19.1 Å². The van der Waals surface area contributed by atoms with Crippen LogP contribution in [0, 0.1) is 6.92 Å². The monoisotopic (exact) mass is 453 g/mol. The van der Waals surface area contributed by atoms with E-state index in [0.29, 0.717) is 39.4 Å². The highest BCUT2D eigenvalue weighted by Crippen LogP contribution is 2.44. The van der Waals surface area contributed by atoms with Gasteiger partial charge in [-0.25, -0.2) is 0 Å². The lowest BCUT2D eigenvalue weighted by Crippen LogP contribution is -2.36. The number of benzene rings is 2. The predicted octanol–water partition coefficient (Wildman–Crippen LogP) is 5.18. The van der Waals surface area contributed by atoms with Crippen molar-refractivity contribution in [2.45, 2.75) is 44.8 Å². The zero-order chi connectivity index (χ0) is 22.5. The second-order valence-electron chi connectivity index (χ2n) is 8.65. The van der Waals surface area contributed by atoms with Gasteiger partial charge in [-0.1, -0.05) is 23.7 Å². The maximum atomic E-state index is 13.3. The molecule has 166 valence electrons. The summed E-state index contributed by atoms with van der Waals surface area (Å²) in [6.45, 7) is 4.86. The van der Waals surface area contributed by atoms with Crippen LogP contribution in [0.2, 0.25) is 5.02 Å². The number of halogens is 1. The number of carbonyl (C=O) groups excluding carboxylic acids is 2. The van der Waals surface area contributed by atoms with Crippen molar-refractivity contribution >= 4 is 34.3 Å². The van der Waals surface area contributed by atoms with Crippen molar-refractivity contribution in [3.63, 3.8) is 0 Å². The Hall–Kier alpha value is -2.83. The quantitative estimate of drug-likeness (QED) is 0.588. The van der Waals surface area contributed by atoms with E-state index in [1.54, 1.807) is 31.2 Å². The normalized spacial score (nSPS) is 22.6. The summed E-state index contributed by atoms with van der Waals surface area (Å²) >= 11 is 6.02. The molecular weight excluding hydrogens is 430 g/mol. The minimum Gasteiger partial charge on any atom is -0.482 e. The molecule has 2 aromatic carbocycles. The topological polar surface area (TPSA) is 77.8 Å². The van der Waals surface area contributed by atoms with Crippen molar-refractivity contribution in [1.29, 1.82) is 0 Å². The summed E-state index contributed by atoms with van der Waals surface area (Å²) in [5.74, 6) is 0.342. The van der Waals surface area contributed by atoms with Gasteiger partial charge in [0.25, 0.3) is 5.91 Å². The van der Waals surface area contributed by atoms with Gasteiger partial charge in [0.15, 0.2) is 11.5 Å². The van der Waals surface area contributed by atoms with Crippen LogP contribution in [0.25, 0.3) is 11.0 Å². The van der Waals surface area contributed by atoms with E-state index in [9.17, 15) is 9.59 Å². The Kier molecular flexibility index (Phi) is 5.22. The number of aryl methyl sites for hydroxylation is 1. The Bertz CT molecular complexity index is 1210. The molecule has 6 nitrogen and oxygen atoms in total. The maximum absolute atomic E-state index is 13.3. The van der Waals surface area contributed by atoms with E-state index >= 15 is 0 Å². The second-order valence-corrected chi connectivity index (χ2v) is 9.09. The largest absolute Gasteiger partial charge is 0.482 e. The smallest absolute Gasteiger partial charge is 0.287 e. The fourth-order valence-corrected chi connectivity index (χ4v) is 4.76. The van der Waals surface area contributed by atoms with Crippen LogP contribution in [0.15, 0.2) is 40.8 Å². The van der Waals surface area contributed by atoms with Gasteiger partial charge < -0.3 is 19.2 Å². The van der Waals surface area contributed by atoms with E-state index in [1.165, 1.54) is 0 Å². The van der Waals surface area contributed by atoms with Crippen molar-refractivity contribution in [2.75, 3.05) is 13.2 Å². The fourth-order valence-electron chi connectivity index (χ4n) is 4.63. The third kappa shape index (κ3) is 3.57. The Morgan fingerprint density at radius 3 is 2.72 bits per heavy atom. The molecule has 0 saturated carbocycles. The molecule has 0 bridgehead atoms. The fraction of sp³-hybridized carbons (Fsp3) is 0.360. The number of nitrogens with one attached hydrogen (secondary N) is 1. The first-order valence-corrected chi connectivity index (χ1v) is 11.2. The molecule has 0 aliphatic carbocycles. The number of rotatable bonds is 4. The molecule has 2 atom stereocenters. The van der Waals surface area contributed by atoms with Crippen LogP contribution in [0.4, 0.5) is 0 Å². The van der Waals surface area contributed by atoms with Crippen molar-refractivity contribution in [1.82, 2.24) is 5.32 Å². The first kappa shape index (κ1) is 21.0. The molecule has 1 amide bonds. The molecule has 0 spiro atoms. The Labute approximate surface area is 190 Å². The van der Waals surface area contributed by atoms with Crippen LogP contribution in [0.3, 0.4) is 0 Å².